The molecule has 0 aliphatic carbocycles. The van der Waals surface area contributed by atoms with Crippen molar-refractivity contribution in [3.05, 3.63) is 225 Å². The molecule has 31 nitrogen and oxygen atoms in total. The van der Waals surface area contributed by atoms with Crippen molar-refractivity contribution in [2.75, 3.05) is 125 Å². The topological polar surface area (TPSA) is 386 Å². The van der Waals surface area contributed by atoms with Crippen molar-refractivity contribution < 1.29 is 57.5 Å². The van der Waals surface area contributed by atoms with Crippen LogP contribution >= 0.6 is 68.8 Å². The number of urea groups is 3. The Hall–Kier alpha value is -10.6. The minimum absolute atomic E-state index is 0.0112. The van der Waals surface area contributed by atoms with Crippen molar-refractivity contribution in [2.45, 2.75) is 52.7 Å². The second-order valence-electron chi connectivity index (χ2n) is 27.4. The number of aryl methyl sites for hydroxylation is 3. The Morgan fingerprint density at radius 2 is 0.733 bits per heavy atom. The molecule has 0 saturated carbocycles. The van der Waals surface area contributed by atoms with Gasteiger partial charge in [-0.25, -0.2) is 81.9 Å². The average Bonchev–Trinajstić information content (AvgIpc) is 1.60. The highest BCUT2D eigenvalue weighted by Crippen LogP contribution is 2.31. The molecule has 6 aromatic heterocycles. The molecule has 2 aliphatic rings. The third-order valence-corrected chi connectivity index (χ3v) is 27.7. The van der Waals surface area contributed by atoms with Crippen LogP contribution in [0.5, 0.6) is 0 Å². The second kappa shape index (κ2) is 38.9. The molecule has 120 heavy (non-hydrogen) atoms. The Kier molecular flexibility index (Phi) is 28.7. The summed E-state index contributed by atoms with van der Waals surface area (Å²) in [6.45, 7) is 15.1. The van der Waals surface area contributed by atoms with Gasteiger partial charge in [-0.1, -0.05) is 41.2 Å². The van der Waals surface area contributed by atoms with Crippen LogP contribution in [0.3, 0.4) is 0 Å². The summed E-state index contributed by atoms with van der Waals surface area (Å²) in [5.74, 6) is -1.62. The van der Waals surface area contributed by atoms with Gasteiger partial charge in [0.15, 0.2) is 0 Å². The molecule has 2 aliphatic heterocycles. The number of rotatable bonds is 24. The third-order valence-electron chi connectivity index (χ3n) is 18.5. The molecule has 6 aromatic carbocycles. The zero-order chi connectivity index (χ0) is 85.9. The molecular formula is C77H78Cl3F3N18O13S6. The minimum atomic E-state index is -4.15. The maximum atomic E-state index is 15.2. The maximum absolute atomic E-state index is 15.2. The lowest BCUT2D eigenvalue weighted by Gasteiger charge is -2.26. The quantitative estimate of drug-likeness (QED) is 0.0271. The number of aromatic nitrogens is 6. The average molecular weight is 1820 g/mol. The van der Waals surface area contributed by atoms with Crippen LogP contribution in [0, 0.1) is 38.2 Å². The predicted octanol–water partition coefficient (Wildman–Crippen LogP) is 12.8. The lowest BCUT2D eigenvalue weighted by Crippen LogP contribution is -2.39. The first-order valence-corrected chi connectivity index (χ1v) is 44.9. The first kappa shape index (κ1) is 88.7. The van der Waals surface area contributed by atoms with E-state index < -0.39 is 82.3 Å². The van der Waals surface area contributed by atoms with Crippen LogP contribution in [0.25, 0.3) is 49.8 Å². The number of ether oxygens (including phenoxy) is 1. The van der Waals surface area contributed by atoms with Crippen molar-refractivity contribution in [3.8, 4) is 17.1 Å². The van der Waals surface area contributed by atoms with Gasteiger partial charge in [-0.15, -0.1) is 34.0 Å². The number of carbonyl (C=O) groups excluding carboxylic acids is 3. The highest BCUT2D eigenvalue weighted by molar-refractivity contribution is 7.93. The number of amides is 6. The smallest absolute Gasteiger partial charge is 0.333 e. The number of fused-ring (bicyclic) bond motifs is 3. The normalized spacial score (nSPS) is 13.4. The number of thiophene rings is 3. The molecule has 0 atom stereocenters. The highest BCUT2D eigenvalue weighted by atomic mass is 35.5. The van der Waals surface area contributed by atoms with Gasteiger partial charge in [0, 0.05) is 86.5 Å². The Morgan fingerprint density at radius 1 is 0.425 bits per heavy atom. The number of nitrogens with one attached hydrogen (secondary N) is 9. The molecule has 2 saturated heterocycles. The summed E-state index contributed by atoms with van der Waals surface area (Å²) in [5, 5.41) is 17.8. The van der Waals surface area contributed by atoms with Crippen LogP contribution < -0.4 is 62.7 Å². The first-order chi connectivity index (χ1) is 57.1. The molecule has 43 heteroatoms. The van der Waals surface area contributed by atoms with Crippen molar-refractivity contribution >= 4 is 184 Å². The molecule has 0 radical (unpaired) electrons. The molecule has 0 spiro atoms. The molecule has 14 rings (SSSR count). The van der Waals surface area contributed by atoms with Crippen LogP contribution in [0.4, 0.5) is 61.7 Å². The van der Waals surface area contributed by atoms with Gasteiger partial charge in [0.25, 0.3) is 46.7 Å². The third kappa shape index (κ3) is 22.3. The van der Waals surface area contributed by atoms with E-state index in [0.717, 1.165) is 155 Å². The van der Waals surface area contributed by atoms with Crippen LogP contribution in [0.2, 0.25) is 13.0 Å². The summed E-state index contributed by atoms with van der Waals surface area (Å²) < 4.78 is 134. The van der Waals surface area contributed by atoms with E-state index in [4.69, 9.17) is 39.5 Å². The number of morpholine rings is 1. The molecule has 2 fully saturated rings. The number of hydrogen-bond donors (Lipinski definition) is 9. The summed E-state index contributed by atoms with van der Waals surface area (Å²) >= 11 is 19.7. The number of anilines is 6. The predicted molar refractivity (Wildman–Crippen MR) is 464 cm³/mol. The minimum Gasteiger partial charge on any atom is -0.384 e. The summed E-state index contributed by atoms with van der Waals surface area (Å²) in [5.41, 5.74) is 2.34. The lowest BCUT2D eigenvalue weighted by molar-refractivity contribution is 0.0398. The van der Waals surface area contributed by atoms with E-state index in [1.165, 1.54) is 92.1 Å². The molecular weight excluding hydrogens is 1740 g/mol. The highest BCUT2D eigenvalue weighted by Gasteiger charge is 2.26. The van der Waals surface area contributed by atoms with Gasteiger partial charge in [0.1, 0.15) is 47.6 Å². The number of sulfonamides is 3. The molecule has 0 bridgehead atoms. The van der Waals surface area contributed by atoms with Crippen molar-refractivity contribution in [1.29, 1.82) is 0 Å². The van der Waals surface area contributed by atoms with E-state index in [9.17, 15) is 54.0 Å². The summed E-state index contributed by atoms with van der Waals surface area (Å²) in [6.07, 6.45) is 3.76. The largest absolute Gasteiger partial charge is 0.384 e. The fraction of sp³-hybridized carbons (Fsp3) is 0.260. The standard InChI is InChI=1S/C27H28ClFN6O4S2.C26H26ClFN6O5S2.C24H24ClFN6O4S2/c1-17-31-22-16-18(30-11-14-34-12-3-2-4-13-34)5-7-20(22)26(36)35(17)23-8-6-19(15-21(23)29)32-27(37)33-41(38,39)25-10-9-24(28)40-25;1-16-30-21-15-17(29-8-9-33-10-12-39-13-11-33)2-4-19(21)25(35)34(16)22-5-3-18(14-20(22)28)31-26(36)32-41(37,38)24-7-6-23(27)40-24;1-14-28-19-13-15(27-10-11-31(2)3)4-6-17(19)23(33)32(14)20-7-5-16(12-18(20)26)29-24(34)30-38(35,36)22-9-8-21(25)37-22/h5-10,15-16,30H,2-4,11-14H2,1H3,(H2,32,33,37);2-7,14-15,29H,8-13H2,1H3,(H2,31,32,36);4-9,12-13,27H,10-11H2,1-3H3,(H2,29,30,34). The Morgan fingerprint density at radius 3 is 1.03 bits per heavy atom. The number of benzene rings is 6. The van der Waals surface area contributed by atoms with Gasteiger partial charge < -0.3 is 46.4 Å². The van der Waals surface area contributed by atoms with E-state index >= 15 is 13.2 Å². The van der Waals surface area contributed by atoms with Gasteiger partial charge >= 0.3 is 18.1 Å². The fourth-order valence-electron chi connectivity index (χ4n) is 12.8. The summed E-state index contributed by atoms with van der Waals surface area (Å²) in [4.78, 5) is 97.1. The molecule has 0 unspecified atom stereocenters. The number of carbonyl (C=O) groups is 3. The molecule has 12 aromatic rings. The number of likely N-dealkylation sites (N-methyl/N-ethyl adjacent to an activating group) is 1. The zero-order valence-corrected chi connectivity index (χ0v) is 71.7. The molecule has 632 valence electrons. The Labute approximate surface area is 712 Å². The maximum Gasteiger partial charge on any atom is 0.333 e. The van der Waals surface area contributed by atoms with Crippen LogP contribution in [0.15, 0.2) is 173 Å². The summed E-state index contributed by atoms with van der Waals surface area (Å²) in [6, 6.07) is 31.3. The molecule has 6 amide bonds. The van der Waals surface area contributed by atoms with E-state index in [0.29, 0.717) is 39.3 Å². The van der Waals surface area contributed by atoms with E-state index in [-0.39, 0.29) is 77.2 Å². The van der Waals surface area contributed by atoms with Gasteiger partial charge in [-0.05, 0) is 206 Å². The van der Waals surface area contributed by atoms with Crippen LogP contribution in [-0.2, 0) is 34.8 Å². The number of nitrogens with zero attached hydrogens (tertiary/aromatic N) is 9. The van der Waals surface area contributed by atoms with Crippen molar-refractivity contribution in [2.24, 2.45) is 0 Å². The SMILES string of the molecule is Cc1nc2cc(NCCN(C)C)ccc2c(=O)n1-c1ccc(NC(=O)NS(=O)(=O)c2ccc(Cl)s2)cc1F.Cc1nc2cc(NCCN3CCCCC3)ccc2c(=O)n1-c1ccc(NC(=O)NS(=O)(=O)c2ccc(Cl)s2)cc1F.Cc1nc2cc(NCCN3CCOCC3)ccc2c(=O)n1-c1ccc(NC(=O)NS(=O)(=O)c2ccc(Cl)s2)cc1F. The monoisotopic (exact) mass is 1820 g/mol. The van der Waals surface area contributed by atoms with Crippen LogP contribution in [-0.4, -0.2) is 179 Å². The fourth-order valence-corrected chi connectivity index (χ4v) is 20.0. The number of likely N-dealkylation sites (tertiary alicyclic amines) is 1. The Bertz CT molecular complexity index is 6190. The van der Waals surface area contributed by atoms with Crippen molar-refractivity contribution in [1.82, 2.24) is 57.5 Å². The number of piperidine rings is 1. The molecule has 8 heterocycles. The first-order valence-electron chi connectivity index (χ1n) is 36.8. The van der Waals surface area contributed by atoms with Crippen molar-refractivity contribution in [3.63, 3.8) is 0 Å². The van der Waals surface area contributed by atoms with Gasteiger partial charge in [0.2, 0.25) is 0 Å². The van der Waals surface area contributed by atoms with E-state index in [1.54, 1.807) is 63.2 Å². The van der Waals surface area contributed by atoms with E-state index in [2.05, 4.69) is 56.7 Å². The summed E-state index contributed by atoms with van der Waals surface area (Å²) in [7, 11) is -8.50. The number of halogens is 6. The van der Waals surface area contributed by atoms with Gasteiger partial charge in [-0.2, -0.15) is 0 Å². The second-order valence-corrected chi connectivity index (χ2v) is 38.3. The molecule has 9 N–H and O–H groups in total. The Balaban J connectivity index is 0.000000165. The van der Waals surface area contributed by atoms with Gasteiger partial charge in [0.05, 0.1) is 76.0 Å². The lowest BCUT2D eigenvalue weighted by atomic mass is 10.1. The van der Waals surface area contributed by atoms with E-state index in [1.807, 2.05) is 45.3 Å². The number of hydrogen-bond acceptors (Lipinski definition) is 25. The zero-order valence-electron chi connectivity index (χ0n) is 64.5. The van der Waals surface area contributed by atoms with Crippen LogP contribution in [0.1, 0.15) is 36.7 Å². The van der Waals surface area contributed by atoms with Gasteiger partial charge in [-0.3, -0.25) is 33.0 Å².